The molecule has 0 atom stereocenters. The number of nitrogens with zero attached hydrogens (tertiary/aromatic N) is 1. The Morgan fingerprint density at radius 1 is 1.13 bits per heavy atom. The van der Waals surface area contributed by atoms with E-state index in [9.17, 15) is 9.59 Å². The number of carbonyl (C=O) groups is 2. The van der Waals surface area contributed by atoms with Crippen molar-refractivity contribution in [1.82, 2.24) is 15.6 Å². The summed E-state index contributed by atoms with van der Waals surface area (Å²) >= 11 is 0. The SMILES string of the molecule is Cc1ccc(C)c(Oc2ccc(CNC(=O)CCNC(=O)/C=C/c3ccco3)cn2)c1. The molecule has 7 nitrogen and oxygen atoms in total. The van der Waals surface area contributed by atoms with Crippen LogP contribution >= 0.6 is 0 Å². The fourth-order valence-corrected chi connectivity index (χ4v) is 2.70. The molecule has 0 fully saturated rings. The zero-order valence-corrected chi connectivity index (χ0v) is 17.6. The third kappa shape index (κ3) is 7.15. The Kier molecular flexibility index (Phi) is 7.59. The second-order valence-corrected chi connectivity index (χ2v) is 7.04. The van der Waals surface area contributed by atoms with Crippen LogP contribution in [0.2, 0.25) is 0 Å². The Bertz CT molecular complexity index is 1040. The third-order valence-corrected chi connectivity index (χ3v) is 4.44. The van der Waals surface area contributed by atoms with E-state index >= 15 is 0 Å². The Morgan fingerprint density at radius 2 is 2.00 bits per heavy atom. The summed E-state index contributed by atoms with van der Waals surface area (Å²) in [5.41, 5.74) is 3.00. The van der Waals surface area contributed by atoms with Gasteiger partial charge in [-0.2, -0.15) is 0 Å². The van der Waals surface area contributed by atoms with Gasteiger partial charge in [-0.25, -0.2) is 4.98 Å². The van der Waals surface area contributed by atoms with Gasteiger partial charge in [-0.3, -0.25) is 9.59 Å². The van der Waals surface area contributed by atoms with Crippen LogP contribution in [0.25, 0.3) is 6.08 Å². The fourth-order valence-electron chi connectivity index (χ4n) is 2.70. The van der Waals surface area contributed by atoms with Crippen molar-refractivity contribution in [3.05, 3.63) is 83.5 Å². The Balaban J connectivity index is 1.38. The van der Waals surface area contributed by atoms with Gasteiger partial charge in [0, 0.05) is 37.8 Å². The Morgan fingerprint density at radius 3 is 2.74 bits per heavy atom. The average molecular weight is 419 g/mol. The highest BCUT2D eigenvalue weighted by Gasteiger charge is 2.05. The lowest BCUT2D eigenvalue weighted by atomic mass is 10.1. The smallest absolute Gasteiger partial charge is 0.244 e. The molecule has 0 aliphatic rings. The number of ether oxygens (including phenoxy) is 1. The van der Waals surface area contributed by atoms with Crippen molar-refractivity contribution in [2.45, 2.75) is 26.8 Å². The van der Waals surface area contributed by atoms with Crippen LogP contribution in [0.1, 0.15) is 28.9 Å². The highest BCUT2D eigenvalue weighted by atomic mass is 16.5. The van der Waals surface area contributed by atoms with E-state index in [0.717, 1.165) is 22.4 Å². The summed E-state index contributed by atoms with van der Waals surface area (Å²) < 4.78 is 10.9. The van der Waals surface area contributed by atoms with Crippen LogP contribution in [0.3, 0.4) is 0 Å². The molecule has 0 spiro atoms. The first-order valence-corrected chi connectivity index (χ1v) is 9.96. The number of furan rings is 1. The maximum absolute atomic E-state index is 12.0. The van der Waals surface area contributed by atoms with Crippen molar-refractivity contribution in [2.24, 2.45) is 0 Å². The number of nitrogens with one attached hydrogen (secondary N) is 2. The van der Waals surface area contributed by atoms with E-state index in [-0.39, 0.29) is 24.8 Å². The molecule has 0 bridgehead atoms. The van der Waals surface area contributed by atoms with Crippen LogP contribution < -0.4 is 15.4 Å². The molecule has 2 heterocycles. The molecule has 1 aromatic carbocycles. The van der Waals surface area contributed by atoms with E-state index < -0.39 is 0 Å². The van der Waals surface area contributed by atoms with Gasteiger partial charge in [0.15, 0.2) is 0 Å². The maximum Gasteiger partial charge on any atom is 0.244 e. The van der Waals surface area contributed by atoms with Gasteiger partial charge in [-0.05, 0) is 54.8 Å². The molecule has 2 aromatic heterocycles. The zero-order chi connectivity index (χ0) is 22.1. The minimum absolute atomic E-state index is 0.161. The number of pyridine rings is 1. The largest absolute Gasteiger partial charge is 0.465 e. The summed E-state index contributed by atoms with van der Waals surface area (Å²) in [6, 6.07) is 13.1. The number of hydrogen-bond donors (Lipinski definition) is 2. The molecular weight excluding hydrogens is 394 g/mol. The minimum atomic E-state index is -0.284. The molecule has 0 aliphatic heterocycles. The number of carbonyl (C=O) groups excluding carboxylic acids is 2. The number of aryl methyl sites for hydroxylation is 2. The molecule has 3 rings (SSSR count). The Hall–Kier alpha value is -3.87. The monoisotopic (exact) mass is 419 g/mol. The van der Waals surface area contributed by atoms with Gasteiger partial charge in [-0.15, -0.1) is 0 Å². The van der Waals surface area contributed by atoms with Crippen LogP contribution in [0.15, 0.2) is 65.4 Å². The van der Waals surface area contributed by atoms with E-state index in [1.165, 1.54) is 12.3 Å². The van der Waals surface area contributed by atoms with Gasteiger partial charge in [-0.1, -0.05) is 18.2 Å². The third-order valence-electron chi connectivity index (χ3n) is 4.44. The average Bonchev–Trinajstić information content (AvgIpc) is 3.28. The van der Waals surface area contributed by atoms with E-state index in [1.54, 1.807) is 30.5 Å². The Labute approximate surface area is 181 Å². The quantitative estimate of drug-likeness (QED) is 0.513. The summed E-state index contributed by atoms with van der Waals surface area (Å²) in [5, 5.41) is 5.46. The number of aromatic nitrogens is 1. The van der Waals surface area contributed by atoms with Crippen molar-refractivity contribution < 1.29 is 18.7 Å². The molecule has 160 valence electrons. The molecule has 0 radical (unpaired) electrons. The highest BCUT2D eigenvalue weighted by molar-refractivity contribution is 5.91. The fraction of sp³-hybridized carbons (Fsp3) is 0.208. The van der Waals surface area contributed by atoms with Crippen LogP contribution in [-0.2, 0) is 16.1 Å². The highest BCUT2D eigenvalue weighted by Crippen LogP contribution is 2.24. The van der Waals surface area contributed by atoms with Crippen LogP contribution in [-0.4, -0.2) is 23.3 Å². The first-order chi connectivity index (χ1) is 15.0. The summed E-state index contributed by atoms with van der Waals surface area (Å²) in [5.74, 6) is 1.41. The maximum atomic E-state index is 12.0. The summed E-state index contributed by atoms with van der Waals surface area (Å²) in [4.78, 5) is 28.0. The van der Waals surface area contributed by atoms with Crippen molar-refractivity contribution in [3.8, 4) is 11.6 Å². The molecular formula is C24H25N3O4. The van der Waals surface area contributed by atoms with E-state index in [4.69, 9.17) is 9.15 Å². The van der Waals surface area contributed by atoms with Crippen molar-refractivity contribution in [2.75, 3.05) is 6.54 Å². The van der Waals surface area contributed by atoms with Crippen molar-refractivity contribution in [3.63, 3.8) is 0 Å². The normalized spacial score (nSPS) is 10.8. The minimum Gasteiger partial charge on any atom is -0.465 e. The lowest BCUT2D eigenvalue weighted by Crippen LogP contribution is -2.29. The summed E-state index contributed by atoms with van der Waals surface area (Å²) in [7, 11) is 0. The lowest BCUT2D eigenvalue weighted by molar-refractivity contribution is -0.121. The summed E-state index contributed by atoms with van der Waals surface area (Å²) in [6.07, 6.45) is 6.31. The molecule has 0 saturated heterocycles. The van der Waals surface area contributed by atoms with Crippen LogP contribution in [0.5, 0.6) is 11.6 Å². The molecule has 0 unspecified atom stereocenters. The predicted molar refractivity (Wildman–Crippen MR) is 117 cm³/mol. The standard InChI is InChI=1S/C24H25N3O4/c1-17-5-6-18(2)21(14-17)31-24-10-7-19(16-27-24)15-26-23(29)11-12-25-22(28)9-8-20-4-3-13-30-20/h3-10,13-14,16H,11-12,15H2,1-2H3,(H,25,28)(H,26,29)/b9-8+. The molecule has 7 heteroatoms. The van der Waals surface area contributed by atoms with Crippen LogP contribution in [0, 0.1) is 13.8 Å². The molecule has 2 amide bonds. The van der Waals surface area contributed by atoms with E-state index in [0.29, 0.717) is 18.2 Å². The van der Waals surface area contributed by atoms with Crippen molar-refractivity contribution >= 4 is 17.9 Å². The van der Waals surface area contributed by atoms with Gasteiger partial charge < -0.3 is 19.8 Å². The van der Waals surface area contributed by atoms with Gasteiger partial charge in [0.05, 0.1) is 6.26 Å². The van der Waals surface area contributed by atoms with Gasteiger partial charge in [0.1, 0.15) is 11.5 Å². The first kappa shape index (κ1) is 21.8. The number of amides is 2. The molecule has 0 aliphatic carbocycles. The topological polar surface area (TPSA) is 93.5 Å². The van der Waals surface area contributed by atoms with Crippen LogP contribution in [0.4, 0.5) is 0 Å². The molecule has 2 N–H and O–H groups in total. The second kappa shape index (κ2) is 10.8. The van der Waals surface area contributed by atoms with Crippen molar-refractivity contribution in [1.29, 1.82) is 0 Å². The number of rotatable bonds is 9. The zero-order valence-electron chi connectivity index (χ0n) is 17.6. The van der Waals surface area contributed by atoms with E-state index in [2.05, 4.69) is 15.6 Å². The molecule has 0 saturated carbocycles. The number of benzene rings is 1. The van der Waals surface area contributed by atoms with E-state index in [1.807, 2.05) is 38.1 Å². The first-order valence-electron chi connectivity index (χ1n) is 9.96. The lowest BCUT2D eigenvalue weighted by Gasteiger charge is -2.10. The second-order valence-electron chi connectivity index (χ2n) is 7.04. The molecule has 3 aromatic rings. The number of hydrogen-bond acceptors (Lipinski definition) is 5. The summed E-state index contributed by atoms with van der Waals surface area (Å²) in [6.45, 7) is 4.58. The molecule has 31 heavy (non-hydrogen) atoms. The van der Waals surface area contributed by atoms with Gasteiger partial charge >= 0.3 is 0 Å². The van der Waals surface area contributed by atoms with Gasteiger partial charge in [0.2, 0.25) is 17.7 Å². The van der Waals surface area contributed by atoms with Gasteiger partial charge in [0.25, 0.3) is 0 Å². The predicted octanol–water partition coefficient (Wildman–Crippen LogP) is 3.92.